The summed E-state index contributed by atoms with van der Waals surface area (Å²) < 4.78 is 8.49. The number of aliphatic hydroxyl groups is 1. The number of carbonyl (C=O) groups is 2. The Labute approximate surface area is 312 Å². The Hall–Kier alpha value is -4.55. The maximum atomic E-state index is 15.0. The largest absolute Gasteiger partial charge is 0.432 e. The zero-order valence-electron chi connectivity index (χ0n) is 31.6. The number of hydrogen-bond donors (Lipinski definition) is 3. The molecule has 53 heavy (non-hydrogen) atoms. The second-order valence-corrected chi connectivity index (χ2v) is 19.3. The molecule has 6 rings (SSSR count). The highest BCUT2D eigenvalue weighted by atomic mass is 28.4. The standard InChI is InChI=1S/C42H52N4O6Si/c1-28(2)13-12-14-29(3)21-22-45-36-20-19-32(46-40(49)33-17-10-11-18-35(33)43-46)25-34(36)42(41(45)50)30(4)39(53(5,6)51)37(52-42)26-38(48)44(23-24-47)27-31-15-8-7-9-16-31/h7-11,13,15-21,25,30,37,39,43,47,51H,12,14,22-24,26-27H2,1-6H3/b29-21+/t30-,37+,39-,42+/m0/s1. The molecule has 2 aliphatic heterocycles. The van der Waals surface area contributed by atoms with Gasteiger partial charge >= 0.3 is 0 Å². The highest BCUT2D eigenvalue weighted by Crippen LogP contribution is 2.60. The van der Waals surface area contributed by atoms with E-state index in [0.717, 1.165) is 24.0 Å². The van der Waals surface area contributed by atoms with E-state index in [2.05, 4.69) is 38.0 Å². The van der Waals surface area contributed by atoms with Crippen molar-refractivity contribution >= 4 is 36.7 Å². The van der Waals surface area contributed by atoms with Gasteiger partial charge in [0.05, 0.1) is 41.4 Å². The van der Waals surface area contributed by atoms with Gasteiger partial charge in [0.1, 0.15) is 0 Å². The molecular formula is C42H52N4O6Si. The van der Waals surface area contributed by atoms with Crippen LogP contribution in [0.25, 0.3) is 16.6 Å². The summed E-state index contributed by atoms with van der Waals surface area (Å²) in [5, 5.41) is 13.7. The van der Waals surface area contributed by atoms with Crippen molar-refractivity contribution in [1.82, 2.24) is 14.7 Å². The Bertz CT molecular complexity index is 2090. The summed E-state index contributed by atoms with van der Waals surface area (Å²) in [6, 6.07) is 22.5. The van der Waals surface area contributed by atoms with Crippen LogP contribution < -0.4 is 10.5 Å². The molecule has 3 N–H and O–H groups in total. The fourth-order valence-electron chi connectivity index (χ4n) is 8.28. The quantitative estimate of drug-likeness (QED) is 0.105. The van der Waals surface area contributed by atoms with Crippen LogP contribution in [-0.2, 0) is 26.5 Å². The highest BCUT2D eigenvalue weighted by molar-refractivity contribution is 6.71. The van der Waals surface area contributed by atoms with E-state index in [9.17, 15) is 19.5 Å². The minimum Gasteiger partial charge on any atom is -0.432 e. The van der Waals surface area contributed by atoms with Crippen molar-refractivity contribution in [1.29, 1.82) is 0 Å². The van der Waals surface area contributed by atoms with Crippen LogP contribution in [0.1, 0.15) is 58.1 Å². The van der Waals surface area contributed by atoms with Crippen LogP contribution in [0, 0.1) is 5.92 Å². The van der Waals surface area contributed by atoms with Gasteiger partial charge in [0.15, 0.2) is 13.9 Å². The minimum absolute atomic E-state index is 0.0618. The molecule has 1 spiro atoms. The normalized spacial score (nSPS) is 21.4. The van der Waals surface area contributed by atoms with Crippen LogP contribution in [0.5, 0.6) is 0 Å². The van der Waals surface area contributed by atoms with Crippen LogP contribution >= 0.6 is 0 Å². The summed E-state index contributed by atoms with van der Waals surface area (Å²) in [5.74, 6) is -0.971. The lowest BCUT2D eigenvalue weighted by atomic mass is 9.82. The van der Waals surface area contributed by atoms with Crippen LogP contribution in [0.4, 0.5) is 5.69 Å². The minimum atomic E-state index is -3.08. The van der Waals surface area contributed by atoms with Crippen molar-refractivity contribution in [3.05, 3.63) is 118 Å². The lowest BCUT2D eigenvalue weighted by molar-refractivity contribution is -0.149. The number of fused-ring (bicyclic) bond motifs is 3. The van der Waals surface area contributed by atoms with Gasteiger partial charge in [-0.1, -0.05) is 72.7 Å². The van der Waals surface area contributed by atoms with Gasteiger partial charge in [-0.3, -0.25) is 19.5 Å². The van der Waals surface area contributed by atoms with Gasteiger partial charge in [0, 0.05) is 36.7 Å². The SMILES string of the molecule is CC(C)=CCC/C(C)=C/CN1C(=O)[C@]2(O[C@H](CC(=O)N(CCO)Cc3ccccc3)[C@@H]([Si](C)(C)O)[C@@H]2C)c2cc(-n3[nH]c4ccccc4c3=O)ccc21. The number of para-hydroxylation sites is 1. The summed E-state index contributed by atoms with van der Waals surface area (Å²) in [6.07, 6.45) is 5.23. The molecule has 1 fully saturated rings. The number of rotatable bonds is 13. The van der Waals surface area contributed by atoms with Gasteiger partial charge in [-0.05, 0) is 82.6 Å². The van der Waals surface area contributed by atoms with E-state index in [1.807, 2.05) is 86.7 Å². The Morgan fingerprint density at radius 1 is 1.02 bits per heavy atom. The number of hydrogen-bond acceptors (Lipinski definition) is 6. The average Bonchev–Trinajstić information content (AvgIpc) is 3.70. The molecule has 0 aliphatic carbocycles. The molecule has 0 bridgehead atoms. The number of amides is 2. The van der Waals surface area contributed by atoms with Crippen LogP contribution in [0.3, 0.4) is 0 Å². The Morgan fingerprint density at radius 3 is 2.42 bits per heavy atom. The zero-order valence-corrected chi connectivity index (χ0v) is 32.6. The van der Waals surface area contributed by atoms with E-state index in [1.165, 1.54) is 10.3 Å². The number of nitrogens with one attached hydrogen (secondary N) is 1. The monoisotopic (exact) mass is 736 g/mol. The van der Waals surface area contributed by atoms with Gasteiger partial charge in [-0.15, -0.1) is 0 Å². The molecule has 0 radical (unpaired) electrons. The fraction of sp³-hybridized carbons (Fsp3) is 0.405. The Balaban J connectivity index is 1.42. The lowest BCUT2D eigenvalue weighted by Gasteiger charge is -2.32. The van der Waals surface area contributed by atoms with Crippen LogP contribution in [0.15, 0.2) is 101 Å². The Kier molecular flexibility index (Phi) is 11.1. The van der Waals surface area contributed by atoms with E-state index in [-0.39, 0.29) is 36.9 Å². The van der Waals surface area contributed by atoms with Gasteiger partial charge in [-0.2, -0.15) is 0 Å². The van der Waals surface area contributed by atoms with E-state index in [0.29, 0.717) is 40.9 Å². The first-order chi connectivity index (χ1) is 25.3. The average molecular weight is 737 g/mol. The van der Waals surface area contributed by atoms with Crippen molar-refractivity contribution < 1.29 is 24.2 Å². The summed E-state index contributed by atoms with van der Waals surface area (Å²) >= 11 is 0. The second kappa shape index (κ2) is 15.4. The van der Waals surface area contributed by atoms with E-state index < -0.39 is 31.5 Å². The number of aromatic nitrogens is 2. The number of nitrogens with zero attached hydrogens (tertiary/aromatic N) is 3. The molecule has 4 atom stereocenters. The van der Waals surface area contributed by atoms with Crippen molar-refractivity contribution in [3.8, 4) is 5.69 Å². The molecule has 3 aromatic carbocycles. The number of anilines is 1. The molecule has 2 amide bonds. The maximum absolute atomic E-state index is 15.0. The third-order valence-electron chi connectivity index (χ3n) is 10.8. The lowest BCUT2D eigenvalue weighted by Crippen LogP contribution is -2.46. The van der Waals surface area contributed by atoms with Crippen molar-refractivity contribution in [2.24, 2.45) is 5.92 Å². The number of carbonyl (C=O) groups excluding carboxylic acids is 2. The third-order valence-corrected chi connectivity index (χ3v) is 13.3. The van der Waals surface area contributed by atoms with Gasteiger partial charge < -0.3 is 24.4 Å². The van der Waals surface area contributed by atoms with Gasteiger partial charge in [0.25, 0.3) is 11.5 Å². The van der Waals surface area contributed by atoms with Crippen molar-refractivity contribution in [3.63, 3.8) is 0 Å². The molecule has 280 valence electrons. The van der Waals surface area contributed by atoms with E-state index in [1.54, 1.807) is 15.9 Å². The first-order valence-corrected chi connectivity index (χ1v) is 21.6. The smallest absolute Gasteiger partial charge is 0.279 e. The van der Waals surface area contributed by atoms with Crippen LogP contribution in [-0.4, -0.2) is 70.5 Å². The summed E-state index contributed by atoms with van der Waals surface area (Å²) in [5.41, 5.74) is 3.70. The molecule has 1 aromatic heterocycles. The van der Waals surface area contributed by atoms with E-state index in [4.69, 9.17) is 4.74 Å². The number of benzene rings is 3. The molecule has 10 nitrogen and oxygen atoms in total. The molecular weight excluding hydrogens is 685 g/mol. The first-order valence-electron chi connectivity index (χ1n) is 18.5. The predicted octanol–water partition coefficient (Wildman–Crippen LogP) is 6.57. The first kappa shape index (κ1) is 38.2. The van der Waals surface area contributed by atoms with Gasteiger partial charge in [0.2, 0.25) is 5.91 Å². The third kappa shape index (κ3) is 7.48. The molecule has 4 aromatic rings. The zero-order chi connectivity index (χ0) is 38.1. The number of aromatic amines is 1. The van der Waals surface area contributed by atoms with Gasteiger partial charge in [-0.25, -0.2) is 4.68 Å². The number of aliphatic hydroxyl groups excluding tert-OH is 1. The highest BCUT2D eigenvalue weighted by Gasteiger charge is 2.66. The van der Waals surface area contributed by atoms with Crippen molar-refractivity contribution in [2.45, 2.75) is 83.8 Å². The summed E-state index contributed by atoms with van der Waals surface area (Å²) in [7, 11) is -3.08. The molecule has 0 unspecified atom stereocenters. The number of H-pyrrole nitrogens is 1. The molecule has 11 heteroatoms. The van der Waals surface area contributed by atoms with E-state index >= 15 is 4.79 Å². The second-order valence-electron chi connectivity index (χ2n) is 15.4. The number of ether oxygens (including phenoxy) is 1. The molecule has 1 saturated heterocycles. The number of allylic oxidation sites excluding steroid dienone is 3. The molecule has 2 aliphatic rings. The summed E-state index contributed by atoms with van der Waals surface area (Å²) in [6.45, 7) is 12.4. The van der Waals surface area contributed by atoms with Crippen LogP contribution in [0.2, 0.25) is 18.6 Å². The molecule has 3 heterocycles. The topological polar surface area (TPSA) is 128 Å². The maximum Gasteiger partial charge on any atom is 0.279 e. The van der Waals surface area contributed by atoms with Crippen molar-refractivity contribution in [2.75, 3.05) is 24.6 Å². The fourth-order valence-corrected chi connectivity index (χ4v) is 10.8. The Morgan fingerprint density at radius 2 is 1.74 bits per heavy atom. The predicted molar refractivity (Wildman–Crippen MR) is 211 cm³/mol. The molecule has 0 saturated carbocycles. The summed E-state index contributed by atoms with van der Waals surface area (Å²) in [4.78, 5) is 57.9.